The van der Waals surface area contributed by atoms with Crippen LogP contribution < -0.4 is 5.32 Å². The summed E-state index contributed by atoms with van der Waals surface area (Å²) < 4.78 is 26.7. The lowest BCUT2D eigenvalue weighted by Gasteiger charge is -2.08. The molecule has 0 amide bonds. The minimum Gasteiger partial charge on any atom is -0.336 e. The molecule has 0 fully saturated rings. The summed E-state index contributed by atoms with van der Waals surface area (Å²) in [5.41, 5.74) is -0.127. The van der Waals surface area contributed by atoms with Crippen molar-refractivity contribution in [3.05, 3.63) is 46.9 Å². The third kappa shape index (κ3) is 2.36. The van der Waals surface area contributed by atoms with E-state index >= 15 is 0 Å². The van der Waals surface area contributed by atoms with E-state index < -0.39 is 11.6 Å². The Morgan fingerprint density at radius 3 is 2.78 bits per heavy atom. The van der Waals surface area contributed by atoms with Crippen LogP contribution in [0.4, 0.5) is 20.3 Å². The first kappa shape index (κ1) is 12.2. The highest BCUT2D eigenvalue weighted by Gasteiger charge is 2.11. The Kier molecular flexibility index (Phi) is 3.35. The number of benzene rings is 1. The summed E-state index contributed by atoms with van der Waals surface area (Å²) in [7, 11) is 0. The summed E-state index contributed by atoms with van der Waals surface area (Å²) in [5.74, 6) is -1.69. The molecule has 0 radical (unpaired) electrons. The van der Waals surface area contributed by atoms with Crippen LogP contribution in [0.15, 0.2) is 24.4 Å². The molecule has 90 valence electrons. The van der Waals surface area contributed by atoms with Crippen LogP contribution >= 0.6 is 11.6 Å². The molecule has 0 unspecified atom stereocenters. The van der Waals surface area contributed by atoms with Crippen LogP contribution in [0.1, 0.15) is 5.56 Å². The summed E-state index contributed by atoms with van der Waals surface area (Å²) in [4.78, 5) is 7.05. The van der Waals surface area contributed by atoms with E-state index in [-0.39, 0.29) is 22.4 Å². The summed E-state index contributed by atoms with van der Waals surface area (Å²) in [6, 6.07) is 5.63. The summed E-state index contributed by atoms with van der Waals surface area (Å²) in [5, 5.41) is 11.2. The van der Waals surface area contributed by atoms with E-state index in [9.17, 15) is 8.78 Å². The van der Waals surface area contributed by atoms with E-state index in [1.807, 2.05) is 0 Å². The second kappa shape index (κ2) is 4.94. The van der Waals surface area contributed by atoms with Crippen molar-refractivity contribution >= 4 is 23.1 Å². The van der Waals surface area contributed by atoms with Gasteiger partial charge in [-0.25, -0.2) is 13.8 Å². The lowest BCUT2D eigenvalue weighted by molar-refractivity contribution is 0.617. The van der Waals surface area contributed by atoms with E-state index in [1.165, 1.54) is 12.1 Å². The Morgan fingerprint density at radius 1 is 1.28 bits per heavy atom. The average molecular weight is 267 g/mol. The molecular weight excluding hydrogens is 262 g/mol. The Morgan fingerprint density at radius 2 is 2.06 bits per heavy atom. The highest BCUT2D eigenvalue weighted by molar-refractivity contribution is 6.28. The van der Waals surface area contributed by atoms with Crippen molar-refractivity contribution in [2.75, 3.05) is 5.32 Å². The summed E-state index contributed by atoms with van der Waals surface area (Å²) in [6.07, 6.45) is 0.878. The average Bonchev–Trinajstić information content (AvgIpc) is 2.34. The van der Waals surface area contributed by atoms with Crippen molar-refractivity contribution in [2.24, 2.45) is 0 Å². The number of hydrogen-bond acceptors (Lipinski definition) is 4. The van der Waals surface area contributed by atoms with E-state index in [0.29, 0.717) is 0 Å². The zero-order valence-electron chi connectivity index (χ0n) is 8.78. The first-order valence-electron chi connectivity index (χ1n) is 4.75. The maximum Gasteiger partial charge on any atom is 0.224 e. The molecule has 0 spiro atoms. The largest absolute Gasteiger partial charge is 0.336 e. The Balaban J connectivity index is 2.44. The first-order chi connectivity index (χ1) is 8.61. The number of aromatic nitrogens is 2. The van der Waals surface area contributed by atoms with Gasteiger partial charge in [-0.15, -0.1) is 0 Å². The predicted octanol–water partition coefficient (Wildman–Crippen LogP) is 3.02. The minimum atomic E-state index is -0.757. The quantitative estimate of drug-likeness (QED) is 0.849. The smallest absolute Gasteiger partial charge is 0.224 e. The van der Waals surface area contributed by atoms with Gasteiger partial charge in [0.1, 0.15) is 17.4 Å². The van der Waals surface area contributed by atoms with E-state index in [4.69, 9.17) is 16.9 Å². The summed E-state index contributed by atoms with van der Waals surface area (Å²) >= 11 is 5.52. The number of hydrogen-bond donors (Lipinski definition) is 1. The Hall–Kier alpha value is -2.26. The van der Waals surface area contributed by atoms with Gasteiger partial charge in [-0.05, 0) is 23.7 Å². The molecular formula is C11H5ClF2N4. The lowest BCUT2D eigenvalue weighted by atomic mass is 10.2. The van der Waals surface area contributed by atoms with Crippen LogP contribution in [0.5, 0.6) is 0 Å². The van der Waals surface area contributed by atoms with Gasteiger partial charge in [0, 0.05) is 0 Å². The molecule has 0 aliphatic rings. The van der Waals surface area contributed by atoms with Crippen molar-refractivity contribution in [1.82, 2.24) is 9.97 Å². The molecule has 0 atom stereocenters. The molecule has 1 heterocycles. The van der Waals surface area contributed by atoms with Crippen molar-refractivity contribution in [3.63, 3.8) is 0 Å². The highest BCUT2D eigenvalue weighted by atomic mass is 35.5. The summed E-state index contributed by atoms with van der Waals surface area (Å²) in [6.45, 7) is 0. The molecule has 2 rings (SSSR count). The maximum absolute atomic E-state index is 13.4. The topological polar surface area (TPSA) is 61.6 Å². The SMILES string of the molecule is N#Cc1c(F)cccc1Nc1nc(Cl)ncc1F. The number of nitrogens with zero attached hydrogens (tertiary/aromatic N) is 3. The fourth-order valence-corrected chi connectivity index (χ4v) is 1.44. The molecule has 0 saturated carbocycles. The molecule has 4 nitrogen and oxygen atoms in total. The predicted molar refractivity (Wildman–Crippen MR) is 61.4 cm³/mol. The van der Waals surface area contributed by atoms with Crippen LogP contribution in [0.25, 0.3) is 0 Å². The van der Waals surface area contributed by atoms with Gasteiger partial charge in [-0.1, -0.05) is 6.07 Å². The molecule has 1 aromatic carbocycles. The standard InChI is InChI=1S/C11H5ClF2N4/c12-11-16-5-8(14)10(18-11)17-9-3-1-2-7(13)6(9)4-15/h1-3,5H,(H,16,17,18). The molecule has 2 aromatic rings. The van der Waals surface area contributed by atoms with Gasteiger partial charge >= 0.3 is 0 Å². The molecule has 1 N–H and O–H groups in total. The Labute approximate surface area is 106 Å². The van der Waals surface area contributed by atoms with Crippen molar-refractivity contribution in [2.45, 2.75) is 0 Å². The highest BCUT2D eigenvalue weighted by Crippen LogP contribution is 2.23. The molecule has 7 heteroatoms. The zero-order chi connectivity index (χ0) is 13.1. The zero-order valence-corrected chi connectivity index (χ0v) is 9.54. The number of halogens is 3. The van der Waals surface area contributed by atoms with Gasteiger partial charge in [-0.3, -0.25) is 0 Å². The van der Waals surface area contributed by atoms with E-state index in [1.54, 1.807) is 6.07 Å². The van der Waals surface area contributed by atoms with Crippen molar-refractivity contribution < 1.29 is 8.78 Å². The maximum atomic E-state index is 13.4. The monoisotopic (exact) mass is 266 g/mol. The molecule has 18 heavy (non-hydrogen) atoms. The third-order valence-electron chi connectivity index (χ3n) is 2.09. The number of rotatable bonds is 2. The second-order valence-electron chi connectivity index (χ2n) is 3.23. The van der Waals surface area contributed by atoms with Crippen LogP contribution in [0.3, 0.4) is 0 Å². The van der Waals surface area contributed by atoms with Gasteiger partial charge in [0.05, 0.1) is 11.9 Å². The molecule has 0 bridgehead atoms. The fourth-order valence-electron chi connectivity index (χ4n) is 1.30. The molecule has 0 aliphatic heterocycles. The van der Waals surface area contributed by atoms with Gasteiger partial charge in [0.25, 0.3) is 0 Å². The van der Waals surface area contributed by atoms with Crippen LogP contribution in [-0.4, -0.2) is 9.97 Å². The second-order valence-corrected chi connectivity index (χ2v) is 3.57. The Bertz CT molecular complexity index is 639. The molecule has 0 saturated heterocycles. The van der Waals surface area contributed by atoms with E-state index in [2.05, 4.69) is 15.3 Å². The number of nitriles is 1. The van der Waals surface area contributed by atoms with Gasteiger partial charge < -0.3 is 5.32 Å². The van der Waals surface area contributed by atoms with Gasteiger partial charge in [-0.2, -0.15) is 10.2 Å². The number of anilines is 2. The fraction of sp³-hybridized carbons (Fsp3) is 0. The normalized spacial score (nSPS) is 9.89. The minimum absolute atomic E-state index is 0.103. The third-order valence-corrected chi connectivity index (χ3v) is 2.28. The van der Waals surface area contributed by atoms with E-state index in [0.717, 1.165) is 12.3 Å². The first-order valence-corrected chi connectivity index (χ1v) is 5.13. The van der Waals surface area contributed by atoms with Crippen molar-refractivity contribution in [3.8, 4) is 6.07 Å². The van der Waals surface area contributed by atoms with Gasteiger partial charge in [0.15, 0.2) is 11.6 Å². The molecule has 1 aromatic heterocycles. The van der Waals surface area contributed by atoms with Crippen molar-refractivity contribution in [1.29, 1.82) is 5.26 Å². The lowest BCUT2D eigenvalue weighted by Crippen LogP contribution is -2.01. The van der Waals surface area contributed by atoms with Crippen LogP contribution in [0, 0.1) is 23.0 Å². The van der Waals surface area contributed by atoms with Crippen LogP contribution in [0.2, 0.25) is 5.28 Å². The van der Waals surface area contributed by atoms with Gasteiger partial charge in [0.2, 0.25) is 5.28 Å². The molecule has 0 aliphatic carbocycles. The number of nitrogens with one attached hydrogen (secondary N) is 1. The van der Waals surface area contributed by atoms with Crippen LogP contribution in [-0.2, 0) is 0 Å².